The lowest BCUT2D eigenvalue weighted by Crippen LogP contribution is -2.49. The molecule has 0 aliphatic carbocycles. The van der Waals surface area contributed by atoms with Crippen LogP contribution in [0.25, 0.3) is 0 Å². The molecule has 0 aliphatic rings. The Morgan fingerprint density at radius 3 is 2.38 bits per heavy atom. The summed E-state index contributed by atoms with van der Waals surface area (Å²) >= 11 is 11.8. The van der Waals surface area contributed by atoms with Crippen LogP contribution in [0.5, 0.6) is 11.5 Å². The molecule has 0 atom stereocenters. The lowest BCUT2D eigenvalue weighted by molar-refractivity contribution is -0.123. The van der Waals surface area contributed by atoms with Crippen molar-refractivity contribution in [3.05, 3.63) is 56.5 Å². The quantitative estimate of drug-likeness (QED) is 0.380. The highest BCUT2D eigenvalue weighted by molar-refractivity contribution is 9.11. The standard InChI is InChI=1S/C19H19Br2N3O4S/c1-3-27-14-6-4-12(5-7-14)18(26)22-19(29)24-23-16(25)10-28-17-11(2)8-13(20)9-15(17)21/h4-9H,3,10H2,1-2H3,(H,23,25)(H2,22,24,26,29). The molecule has 0 aromatic heterocycles. The number of aryl methyl sites for hydroxylation is 1. The Hall–Kier alpha value is -2.17. The van der Waals surface area contributed by atoms with E-state index in [1.807, 2.05) is 26.0 Å². The summed E-state index contributed by atoms with van der Waals surface area (Å²) in [5.41, 5.74) is 6.11. The van der Waals surface area contributed by atoms with Gasteiger partial charge in [-0.25, -0.2) is 0 Å². The highest BCUT2D eigenvalue weighted by Gasteiger charge is 2.11. The lowest BCUT2D eigenvalue weighted by atomic mass is 10.2. The largest absolute Gasteiger partial charge is 0.494 e. The first-order valence-electron chi connectivity index (χ1n) is 8.51. The van der Waals surface area contributed by atoms with Crippen LogP contribution in [0.3, 0.4) is 0 Å². The third kappa shape index (κ3) is 7.30. The fourth-order valence-electron chi connectivity index (χ4n) is 2.25. The summed E-state index contributed by atoms with van der Waals surface area (Å²) in [6.45, 7) is 4.06. The highest BCUT2D eigenvalue weighted by Crippen LogP contribution is 2.32. The van der Waals surface area contributed by atoms with Crippen LogP contribution < -0.4 is 25.6 Å². The number of nitrogens with one attached hydrogen (secondary N) is 3. The zero-order chi connectivity index (χ0) is 21.4. The van der Waals surface area contributed by atoms with E-state index in [9.17, 15) is 9.59 Å². The molecule has 7 nitrogen and oxygen atoms in total. The second-order valence-corrected chi connectivity index (χ2v) is 7.91. The summed E-state index contributed by atoms with van der Waals surface area (Å²) in [6, 6.07) is 10.3. The molecule has 2 aromatic rings. The number of carbonyl (C=O) groups excluding carboxylic acids is 2. The molecule has 3 N–H and O–H groups in total. The second kappa shape index (κ2) is 11.1. The van der Waals surface area contributed by atoms with Crippen molar-refractivity contribution < 1.29 is 19.1 Å². The molecule has 0 heterocycles. The average molecular weight is 545 g/mol. The first-order chi connectivity index (χ1) is 13.8. The summed E-state index contributed by atoms with van der Waals surface area (Å²) in [5.74, 6) is 0.363. The van der Waals surface area contributed by atoms with Crippen LogP contribution in [0.15, 0.2) is 45.3 Å². The molecule has 0 bridgehead atoms. The van der Waals surface area contributed by atoms with E-state index >= 15 is 0 Å². The first-order valence-corrected chi connectivity index (χ1v) is 10.5. The van der Waals surface area contributed by atoms with Crippen molar-refractivity contribution in [3.8, 4) is 11.5 Å². The van der Waals surface area contributed by atoms with E-state index in [-0.39, 0.29) is 11.7 Å². The average Bonchev–Trinajstić information content (AvgIpc) is 2.66. The predicted molar refractivity (Wildman–Crippen MR) is 121 cm³/mol. The Morgan fingerprint density at radius 1 is 1.07 bits per heavy atom. The molecule has 0 saturated carbocycles. The first kappa shape index (κ1) is 23.1. The molecular weight excluding hydrogens is 526 g/mol. The summed E-state index contributed by atoms with van der Waals surface area (Å²) in [4.78, 5) is 24.1. The van der Waals surface area contributed by atoms with Crippen molar-refractivity contribution in [1.29, 1.82) is 0 Å². The Balaban J connectivity index is 1.78. The van der Waals surface area contributed by atoms with Gasteiger partial charge < -0.3 is 9.47 Å². The highest BCUT2D eigenvalue weighted by atomic mass is 79.9. The smallest absolute Gasteiger partial charge is 0.276 e. The third-order valence-corrected chi connectivity index (χ3v) is 4.76. The number of amides is 2. The number of hydrazine groups is 1. The number of hydrogen-bond donors (Lipinski definition) is 3. The zero-order valence-corrected chi connectivity index (χ0v) is 19.7. The molecule has 0 aliphatic heterocycles. The monoisotopic (exact) mass is 543 g/mol. The van der Waals surface area contributed by atoms with Gasteiger partial charge in [-0.3, -0.25) is 25.8 Å². The van der Waals surface area contributed by atoms with Crippen LogP contribution in [0.4, 0.5) is 0 Å². The fourth-order valence-corrected chi connectivity index (χ4v) is 3.94. The van der Waals surface area contributed by atoms with Gasteiger partial charge in [0.1, 0.15) is 11.5 Å². The maximum absolute atomic E-state index is 12.2. The molecule has 2 rings (SSSR count). The third-order valence-electron chi connectivity index (χ3n) is 3.51. The van der Waals surface area contributed by atoms with Crippen LogP contribution in [0.2, 0.25) is 0 Å². The van der Waals surface area contributed by atoms with Gasteiger partial charge in [0.2, 0.25) is 0 Å². The van der Waals surface area contributed by atoms with E-state index < -0.39 is 11.8 Å². The van der Waals surface area contributed by atoms with Gasteiger partial charge in [0.15, 0.2) is 11.7 Å². The Labute approximate surface area is 190 Å². The van der Waals surface area contributed by atoms with E-state index in [0.29, 0.717) is 23.7 Å². The Morgan fingerprint density at radius 2 is 1.76 bits per heavy atom. The number of thiocarbonyl (C=S) groups is 1. The van der Waals surface area contributed by atoms with Gasteiger partial charge in [-0.1, -0.05) is 15.9 Å². The van der Waals surface area contributed by atoms with Crippen molar-refractivity contribution in [2.75, 3.05) is 13.2 Å². The minimum absolute atomic E-state index is 0.0433. The van der Waals surface area contributed by atoms with Gasteiger partial charge in [0.05, 0.1) is 11.1 Å². The molecule has 0 fully saturated rings. The summed E-state index contributed by atoms with van der Waals surface area (Å²) in [7, 11) is 0. The van der Waals surface area contributed by atoms with Crippen molar-refractivity contribution in [1.82, 2.24) is 16.2 Å². The molecular formula is C19H19Br2N3O4S. The number of carbonyl (C=O) groups is 2. The molecule has 0 saturated heterocycles. The number of halogens is 2. The number of rotatable bonds is 6. The molecule has 154 valence electrons. The van der Waals surface area contributed by atoms with Crippen LogP contribution in [-0.4, -0.2) is 30.1 Å². The van der Waals surface area contributed by atoms with Crippen molar-refractivity contribution in [3.63, 3.8) is 0 Å². The van der Waals surface area contributed by atoms with E-state index in [0.717, 1.165) is 14.5 Å². The van der Waals surface area contributed by atoms with Crippen molar-refractivity contribution in [2.45, 2.75) is 13.8 Å². The lowest BCUT2D eigenvalue weighted by Gasteiger charge is -2.13. The predicted octanol–water partition coefficient (Wildman–Crippen LogP) is 3.63. The Kier molecular flexibility index (Phi) is 8.87. The second-order valence-electron chi connectivity index (χ2n) is 5.74. The van der Waals surface area contributed by atoms with Crippen molar-refractivity contribution in [2.24, 2.45) is 0 Å². The minimum Gasteiger partial charge on any atom is -0.494 e. The van der Waals surface area contributed by atoms with Gasteiger partial charge in [-0.05, 0) is 84.0 Å². The van der Waals surface area contributed by atoms with Crippen LogP contribution in [-0.2, 0) is 4.79 Å². The topological polar surface area (TPSA) is 88.7 Å². The van der Waals surface area contributed by atoms with Crippen molar-refractivity contribution >= 4 is 61.0 Å². The van der Waals surface area contributed by atoms with Gasteiger partial charge in [0, 0.05) is 10.0 Å². The molecule has 0 radical (unpaired) electrons. The molecule has 2 aromatic carbocycles. The van der Waals surface area contributed by atoms with Crippen LogP contribution >= 0.6 is 44.1 Å². The van der Waals surface area contributed by atoms with Gasteiger partial charge >= 0.3 is 0 Å². The normalized spacial score (nSPS) is 10.1. The zero-order valence-electron chi connectivity index (χ0n) is 15.7. The van der Waals surface area contributed by atoms with Gasteiger partial charge in [0.25, 0.3) is 11.8 Å². The SMILES string of the molecule is CCOc1ccc(C(=O)NC(=S)NNC(=O)COc2c(C)cc(Br)cc2Br)cc1. The summed E-state index contributed by atoms with van der Waals surface area (Å²) < 4.78 is 12.5. The number of ether oxygens (including phenoxy) is 2. The van der Waals surface area contributed by atoms with Crippen LogP contribution in [0, 0.1) is 6.92 Å². The molecule has 2 amide bonds. The minimum atomic E-state index is -0.461. The number of benzene rings is 2. The van der Waals surface area contributed by atoms with Crippen LogP contribution in [0.1, 0.15) is 22.8 Å². The molecule has 29 heavy (non-hydrogen) atoms. The molecule has 0 spiro atoms. The van der Waals surface area contributed by atoms with E-state index in [1.54, 1.807) is 24.3 Å². The van der Waals surface area contributed by atoms with Gasteiger partial charge in [-0.15, -0.1) is 0 Å². The number of hydrogen-bond acceptors (Lipinski definition) is 5. The van der Waals surface area contributed by atoms with E-state index in [4.69, 9.17) is 21.7 Å². The summed E-state index contributed by atoms with van der Waals surface area (Å²) in [5, 5.41) is 2.43. The maximum Gasteiger partial charge on any atom is 0.276 e. The van der Waals surface area contributed by atoms with Gasteiger partial charge in [-0.2, -0.15) is 0 Å². The van der Waals surface area contributed by atoms with E-state index in [1.165, 1.54) is 0 Å². The molecule has 0 unspecified atom stereocenters. The summed E-state index contributed by atoms with van der Waals surface area (Å²) in [6.07, 6.45) is 0. The maximum atomic E-state index is 12.2. The fraction of sp³-hybridized carbons (Fsp3) is 0.211. The molecule has 10 heteroatoms. The Bertz CT molecular complexity index is 884. The van der Waals surface area contributed by atoms with E-state index in [2.05, 4.69) is 48.0 Å².